The van der Waals surface area contributed by atoms with Crippen molar-refractivity contribution in [2.75, 3.05) is 6.61 Å². The predicted molar refractivity (Wildman–Crippen MR) is 78.6 cm³/mol. The summed E-state index contributed by atoms with van der Waals surface area (Å²) in [6.07, 6.45) is 3.63. The fourth-order valence-corrected chi connectivity index (χ4v) is 2.99. The summed E-state index contributed by atoms with van der Waals surface area (Å²) in [4.78, 5) is 15.2. The van der Waals surface area contributed by atoms with Crippen molar-refractivity contribution >= 4 is 16.8 Å². The molecule has 0 atom stereocenters. The number of halogens is 1. The molecule has 3 N–H and O–H groups in total. The molecule has 0 spiro atoms. The van der Waals surface area contributed by atoms with Crippen molar-refractivity contribution in [3.63, 3.8) is 0 Å². The van der Waals surface area contributed by atoms with Gasteiger partial charge in [0.2, 0.25) is 0 Å². The van der Waals surface area contributed by atoms with Crippen LogP contribution in [-0.2, 0) is 0 Å². The molecule has 1 aliphatic carbocycles. The van der Waals surface area contributed by atoms with Crippen LogP contribution in [0, 0.1) is 11.7 Å². The van der Waals surface area contributed by atoms with Crippen LogP contribution in [0.3, 0.4) is 0 Å². The summed E-state index contributed by atoms with van der Waals surface area (Å²) in [5, 5.41) is 12.5. The minimum absolute atomic E-state index is 0.136. The van der Waals surface area contributed by atoms with Crippen LogP contribution in [0.25, 0.3) is 10.9 Å². The molecule has 112 valence electrons. The quantitative estimate of drug-likeness (QED) is 0.813. The third-order valence-electron chi connectivity index (χ3n) is 4.30. The molecule has 0 saturated heterocycles. The van der Waals surface area contributed by atoms with E-state index in [0.29, 0.717) is 22.5 Å². The molecule has 1 fully saturated rings. The summed E-state index contributed by atoms with van der Waals surface area (Å²) in [5.74, 6) is -0.162. The topological polar surface area (TPSA) is 65.1 Å². The van der Waals surface area contributed by atoms with E-state index < -0.39 is 0 Å². The Morgan fingerprint density at radius 1 is 1.33 bits per heavy atom. The van der Waals surface area contributed by atoms with Gasteiger partial charge in [-0.25, -0.2) is 4.39 Å². The van der Waals surface area contributed by atoms with E-state index in [-0.39, 0.29) is 24.4 Å². The molecule has 2 aromatic rings. The van der Waals surface area contributed by atoms with Crippen molar-refractivity contribution in [2.24, 2.45) is 5.92 Å². The molecule has 4 nitrogen and oxygen atoms in total. The molecule has 0 bridgehead atoms. The number of hydrogen-bond acceptors (Lipinski definition) is 2. The average Bonchev–Trinajstić information content (AvgIpc) is 2.94. The lowest BCUT2D eigenvalue weighted by atomic mass is 9.86. The number of carbonyl (C=O) groups is 1. The minimum atomic E-state index is -0.328. The van der Waals surface area contributed by atoms with Gasteiger partial charge in [0.25, 0.3) is 5.91 Å². The largest absolute Gasteiger partial charge is 0.396 e. The van der Waals surface area contributed by atoms with Gasteiger partial charge in [0, 0.05) is 23.6 Å². The number of aliphatic hydroxyl groups excluding tert-OH is 1. The van der Waals surface area contributed by atoms with E-state index in [4.69, 9.17) is 5.11 Å². The van der Waals surface area contributed by atoms with E-state index in [0.717, 1.165) is 25.7 Å². The van der Waals surface area contributed by atoms with Gasteiger partial charge in [-0.3, -0.25) is 4.79 Å². The lowest BCUT2D eigenvalue weighted by molar-refractivity contribution is 0.0910. The van der Waals surface area contributed by atoms with Crippen molar-refractivity contribution in [1.82, 2.24) is 10.3 Å². The Balaban J connectivity index is 1.68. The van der Waals surface area contributed by atoms with Crippen LogP contribution in [0.15, 0.2) is 24.3 Å². The maximum atomic E-state index is 13.6. The van der Waals surface area contributed by atoms with Gasteiger partial charge in [0.1, 0.15) is 11.5 Å². The van der Waals surface area contributed by atoms with Crippen molar-refractivity contribution in [1.29, 1.82) is 0 Å². The first-order valence-electron chi connectivity index (χ1n) is 7.36. The third kappa shape index (κ3) is 2.93. The number of H-pyrrole nitrogens is 1. The highest BCUT2D eigenvalue weighted by Gasteiger charge is 2.22. The summed E-state index contributed by atoms with van der Waals surface area (Å²) >= 11 is 0. The summed E-state index contributed by atoms with van der Waals surface area (Å²) in [7, 11) is 0. The van der Waals surface area contributed by atoms with Gasteiger partial charge in [-0.2, -0.15) is 0 Å². The minimum Gasteiger partial charge on any atom is -0.396 e. The fourth-order valence-electron chi connectivity index (χ4n) is 2.99. The zero-order chi connectivity index (χ0) is 14.8. The Labute approximate surface area is 122 Å². The maximum absolute atomic E-state index is 13.6. The Morgan fingerprint density at radius 3 is 2.76 bits per heavy atom. The van der Waals surface area contributed by atoms with E-state index in [1.54, 1.807) is 18.2 Å². The lowest BCUT2D eigenvalue weighted by Crippen LogP contribution is -2.38. The van der Waals surface area contributed by atoms with Gasteiger partial charge >= 0.3 is 0 Å². The summed E-state index contributed by atoms with van der Waals surface area (Å²) in [5.41, 5.74) is 1.02. The monoisotopic (exact) mass is 290 g/mol. The Hall–Kier alpha value is -1.88. The van der Waals surface area contributed by atoms with Gasteiger partial charge < -0.3 is 15.4 Å². The second-order valence-electron chi connectivity index (χ2n) is 5.76. The van der Waals surface area contributed by atoms with Gasteiger partial charge in [-0.15, -0.1) is 0 Å². The number of aromatic nitrogens is 1. The van der Waals surface area contributed by atoms with Gasteiger partial charge in [0.05, 0.1) is 0 Å². The summed E-state index contributed by atoms with van der Waals surface area (Å²) < 4.78 is 13.6. The average molecular weight is 290 g/mol. The van der Waals surface area contributed by atoms with Crippen molar-refractivity contribution in [2.45, 2.75) is 31.7 Å². The number of amides is 1. The molecule has 1 amide bonds. The number of fused-ring (bicyclic) bond motifs is 1. The van der Waals surface area contributed by atoms with E-state index in [9.17, 15) is 9.18 Å². The number of aliphatic hydroxyl groups is 1. The molecule has 21 heavy (non-hydrogen) atoms. The zero-order valence-electron chi connectivity index (χ0n) is 11.7. The highest BCUT2D eigenvalue weighted by Crippen LogP contribution is 2.24. The highest BCUT2D eigenvalue weighted by atomic mass is 19.1. The molecule has 3 rings (SSSR count). The van der Waals surface area contributed by atoms with Crippen molar-refractivity contribution in [3.05, 3.63) is 35.8 Å². The molecule has 5 heteroatoms. The van der Waals surface area contributed by atoms with Gasteiger partial charge in [-0.05, 0) is 49.8 Å². The van der Waals surface area contributed by atoms with E-state index in [1.165, 1.54) is 6.07 Å². The van der Waals surface area contributed by atoms with Gasteiger partial charge in [0.15, 0.2) is 0 Å². The van der Waals surface area contributed by atoms with Gasteiger partial charge in [-0.1, -0.05) is 6.07 Å². The molecule has 0 radical (unpaired) electrons. The van der Waals surface area contributed by atoms with E-state index in [1.807, 2.05) is 0 Å². The predicted octanol–water partition coefficient (Wildman–Crippen LogP) is 2.59. The fraction of sp³-hybridized carbons (Fsp3) is 0.438. The van der Waals surface area contributed by atoms with E-state index >= 15 is 0 Å². The number of aromatic amines is 1. The number of carbonyl (C=O) groups excluding carboxylic acids is 1. The smallest absolute Gasteiger partial charge is 0.267 e. The van der Waals surface area contributed by atoms with Crippen LogP contribution < -0.4 is 5.32 Å². The van der Waals surface area contributed by atoms with Crippen LogP contribution in [0.5, 0.6) is 0 Å². The van der Waals surface area contributed by atoms with Crippen LogP contribution in [0.4, 0.5) is 4.39 Å². The molecule has 0 unspecified atom stereocenters. The number of rotatable bonds is 3. The lowest BCUT2D eigenvalue weighted by Gasteiger charge is -2.27. The van der Waals surface area contributed by atoms with E-state index in [2.05, 4.69) is 10.3 Å². The molecule has 1 heterocycles. The first-order chi connectivity index (χ1) is 10.2. The summed E-state index contributed by atoms with van der Waals surface area (Å²) in [6, 6.07) is 6.44. The van der Waals surface area contributed by atoms with Crippen LogP contribution in [0.2, 0.25) is 0 Å². The standard InChI is InChI=1S/C16H19FN2O2/c17-13-2-1-3-14-12(13)8-15(19-14)16(21)18-11-6-4-10(9-20)5-7-11/h1-3,8,10-11,19-20H,4-7,9H2,(H,18,21). The molecule has 0 aliphatic heterocycles. The SMILES string of the molecule is O=C(NC1CCC(CO)CC1)c1cc2c(F)cccc2[nH]1. The normalized spacial score (nSPS) is 22.4. The first kappa shape index (κ1) is 14.1. The third-order valence-corrected chi connectivity index (χ3v) is 4.30. The summed E-state index contributed by atoms with van der Waals surface area (Å²) in [6.45, 7) is 0.224. The molecular weight excluding hydrogens is 271 g/mol. The second kappa shape index (κ2) is 5.85. The molecule has 1 aromatic heterocycles. The van der Waals surface area contributed by atoms with Crippen molar-refractivity contribution in [3.8, 4) is 0 Å². The Bertz CT molecular complexity index is 645. The molecular formula is C16H19FN2O2. The molecule has 1 aromatic carbocycles. The second-order valence-corrected chi connectivity index (χ2v) is 5.76. The van der Waals surface area contributed by atoms with Crippen LogP contribution in [-0.4, -0.2) is 28.6 Å². The van der Waals surface area contributed by atoms with Crippen molar-refractivity contribution < 1.29 is 14.3 Å². The Morgan fingerprint density at radius 2 is 2.10 bits per heavy atom. The highest BCUT2D eigenvalue weighted by molar-refractivity contribution is 5.98. The molecule has 1 aliphatic rings. The number of hydrogen-bond donors (Lipinski definition) is 3. The molecule has 1 saturated carbocycles. The Kier molecular flexibility index (Phi) is 3.92. The number of nitrogens with one attached hydrogen (secondary N) is 2. The number of benzene rings is 1. The maximum Gasteiger partial charge on any atom is 0.267 e. The zero-order valence-corrected chi connectivity index (χ0v) is 11.7. The van der Waals surface area contributed by atoms with Crippen LogP contribution in [0.1, 0.15) is 36.2 Å². The van der Waals surface area contributed by atoms with Crippen LogP contribution >= 0.6 is 0 Å². The first-order valence-corrected chi connectivity index (χ1v) is 7.36.